The van der Waals surface area contributed by atoms with Gasteiger partial charge in [-0.2, -0.15) is 10.4 Å². The average Bonchev–Trinajstić information content (AvgIpc) is 2.26. The summed E-state index contributed by atoms with van der Waals surface area (Å²) < 4.78 is 0. The molecule has 15 heavy (non-hydrogen) atoms. The lowest BCUT2D eigenvalue weighted by molar-refractivity contribution is -0.125. The Labute approximate surface area is 85.5 Å². The Hall–Kier alpha value is -2.20. The molecule has 1 aromatic rings. The van der Waals surface area contributed by atoms with Crippen molar-refractivity contribution in [2.24, 2.45) is 5.73 Å². The Morgan fingerprint density at radius 1 is 1.80 bits per heavy atom. The third-order valence-corrected chi connectivity index (χ3v) is 1.63. The zero-order chi connectivity index (χ0) is 11.3. The summed E-state index contributed by atoms with van der Waals surface area (Å²) >= 11 is 0. The highest BCUT2D eigenvalue weighted by Gasteiger charge is 2.11. The number of hydrogen-bond acceptors (Lipinski definition) is 6. The molecule has 1 unspecified atom stereocenters. The van der Waals surface area contributed by atoms with E-state index in [0.29, 0.717) is 0 Å². The van der Waals surface area contributed by atoms with E-state index in [1.807, 2.05) is 6.07 Å². The monoisotopic (exact) mass is 207 g/mol. The third kappa shape index (κ3) is 2.89. The van der Waals surface area contributed by atoms with E-state index < -0.39 is 12.0 Å². The van der Waals surface area contributed by atoms with Gasteiger partial charge in [-0.25, -0.2) is 0 Å². The number of primary amides is 1. The van der Waals surface area contributed by atoms with Crippen LogP contribution in [0.3, 0.4) is 0 Å². The van der Waals surface area contributed by atoms with Crippen LogP contribution < -0.4 is 11.1 Å². The standard InChI is InChI=1S/C8H9N5O2/c9-3-5-1-2-12-13-8(5)11-4-6(14)7(10)15/h1-2,6,14H,4H2,(H2,10,15)(H,11,13). The fraction of sp³-hybridized carbons (Fsp3) is 0.250. The summed E-state index contributed by atoms with van der Waals surface area (Å²) in [5.74, 6) is -0.634. The number of nitrogens with zero attached hydrogens (tertiary/aromatic N) is 3. The Kier molecular flexibility index (Phi) is 3.54. The topological polar surface area (TPSA) is 125 Å². The minimum absolute atomic E-state index is 0.108. The van der Waals surface area contributed by atoms with Crippen LogP contribution in [0.5, 0.6) is 0 Å². The number of hydrogen-bond donors (Lipinski definition) is 3. The van der Waals surface area contributed by atoms with E-state index >= 15 is 0 Å². The molecule has 0 aliphatic heterocycles. The molecule has 0 bridgehead atoms. The molecule has 1 atom stereocenters. The molecule has 1 aromatic heterocycles. The molecule has 0 aliphatic rings. The first-order chi connectivity index (χ1) is 7.15. The highest BCUT2D eigenvalue weighted by molar-refractivity contribution is 5.79. The first-order valence-electron chi connectivity index (χ1n) is 4.08. The number of aromatic nitrogens is 2. The molecule has 1 heterocycles. The van der Waals surface area contributed by atoms with Gasteiger partial charge in [0.15, 0.2) is 5.82 Å². The van der Waals surface area contributed by atoms with Gasteiger partial charge in [-0.1, -0.05) is 0 Å². The molecule has 4 N–H and O–H groups in total. The molecule has 7 nitrogen and oxygen atoms in total. The number of amides is 1. The van der Waals surface area contributed by atoms with E-state index in [2.05, 4.69) is 15.5 Å². The van der Waals surface area contributed by atoms with Crippen LogP contribution in [0.25, 0.3) is 0 Å². The van der Waals surface area contributed by atoms with Gasteiger partial charge < -0.3 is 16.2 Å². The molecular formula is C8H9N5O2. The Morgan fingerprint density at radius 2 is 2.53 bits per heavy atom. The van der Waals surface area contributed by atoms with E-state index in [4.69, 9.17) is 16.1 Å². The van der Waals surface area contributed by atoms with Gasteiger partial charge in [-0.05, 0) is 6.07 Å². The van der Waals surface area contributed by atoms with E-state index in [1.54, 1.807) is 0 Å². The molecule has 0 aromatic carbocycles. The summed E-state index contributed by atoms with van der Waals surface area (Å²) in [5, 5.41) is 27.6. The van der Waals surface area contributed by atoms with Crippen molar-refractivity contribution < 1.29 is 9.90 Å². The molecule has 0 fully saturated rings. The van der Waals surface area contributed by atoms with Crippen molar-refractivity contribution >= 4 is 11.7 Å². The van der Waals surface area contributed by atoms with Gasteiger partial charge >= 0.3 is 0 Å². The van der Waals surface area contributed by atoms with E-state index in [0.717, 1.165) is 0 Å². The van der Waals surface area contributed by atoms with Gasteiger partial charge in [0.25, 0.3) is 0 Å². The predicted octanol–water partition coefficient (Wildman–Crippen LogP) is -1.39. The number of nitriles is 1. The Balaban J connectivity index is 2.66. The predicted molar refractivity (Wildman–Crippen MR) is 50.4 cm³/mol. The molecule has 0 aliphatic carbocycles. The number of nitrogens with one attached hydrogen (secondary N) is 1. The van der Waals surface area contributed by atoms with Gasteiger partial charge in [0.05, 0.1) is 18.3 Å². The fourth-order valence-corrected chi connectivity index (χ4v) is 0.846. The average molecular weight is 207 g/mol. The van der Waals surface area contributed by atoms with Crippen LogP contribution in [0.2, 0.25) is 0 Å². The van der Waals surface area contributed by atoms with Crippen molar-refractivity contribution in [2.45, 2.75) is 6.10 Å². The van der Waals surface area contributed by atoms with Crippen LogP contribution in [-0.2, 0) is 4.79 Å². The van der Waals surface area contributed by atoms with Gasteiger partial charge in [-0.15, -0.1) is 5.10 Å². The molecule has 0 radical (unpaired) electrons. The summed E-state index contributed by atoms with van der Waals surface area (Å²) in [6.45, 7) is -0.108. The lowest BCUT2D eigenvalue weighted by atomic mass is 10.3. The number of aliphatic hydroxyl groups is 1. The summed E-state index contributed by atoms with van der Waals surface area (Å²) in [4.78, 5) is 10.5. The Morgan fingerprint density at radius 3 is 3.13 bits per heavy atom. The molecule has 0 saturated carbocycles. The van der Waals surface area contributed by atoms with Crippen molar-refractivity contribution in [3.8, 4) is 6.07 Å². The molecular weight excluding hydrogens is 198 g/mol. The molecule has 0 saturated heterocycles. The largest absolute Gasteiger partial charge is 0.381 e. The summed E-state index contributed by atoms with van der Waals surface area (Å²) in [5.41, 5.74) is 5.12. The van der Waals surface area contributed by atoms with Crippen molar-refractivity contribution in [2.75, 3.05) is 11.9 Å². The smallest absolute Gasteiger partial charge is 0.248 e. The summed E-state index contributed by atoms with van der Waals surface area (Å²) in [6.07, 6.45) is 0.0485. The van der Waals surface area contributed by atoms with E-state index in [1.165, 1.54) is 12.3 Å². The molecule has 1 rings (SSSR count). The van der Waals surface area contributed by atoms with Gasteiger partial charge in [0.2, 0.25) is 5.91 Å². The second-order valence-electron chi connectivity index (χ2n) is 2.70. The minimum Gasteiger partial charge on any atom is -0.381 e. The molecule has 0 spiro atoms. The fourth-order valence-electron chi connectivity index (χ4n) is 0.846. The van der Waals surface area contributed by atoms with Crippen LogP contribution >= 0.6 is 0 Å². The lowest BCUT2D eigenvalue weighted by Crippen LogP contribution is -2.34. The number of carbonyl (C=O) groups is 1. The minimum atomic E-state index is -1.32. The highest BCUT2D eigenvalue weighted by atomic mass is 16.3. The third-order valence-electron chi connectivity index (χ3n) is 1.63. The van der Waals surface area contributed by atoms with Crippen molar-refractivity contribution in [1.29, 1.82) is 5.26 Å². The van der Waals surface area contributed by atoms with Crippen molar-refractivity contribution in [1.82, 2.24) is 10.2 Å². The van der Waals surface area contributed by atoms with Crippen LogP contribution in [-0.4, -0.2) is 33.9 Å². The maximum atomic E-state index is 10.5. The van der Waals surface area contributed by atoms with Gasteiger partial charge in [-0.3, -0.25) is 4.79 Å². The van der Waals surface area contributed by atoms with Crippen LogP contribution in [0.15, 0.2) is 12.3 Å². The Bertz CT molecular complexity index is 400. The van der Waals surface area contributed by atoms with Gasteiger partial charge in [0.1, 0.15) is 12.2 Å². The highest BCUT2D eigenvalue weighted by Crippen LogP contribution is 2.07. The van der Waals surface area contributed by atoms with E-state index in [-0.39, 0.29) is 17.9 Å². The first kappa shape index (κ1) is 10.9. The van der Waals surface area contributed by atoms with Crippen LogP contribution in [0.4, 0.5) is 5.82 Å². The molecule has 78 valence electrons. The quantitative estimate of drug-likeness (QED) is 0.558. The molecule has 7 heteroatoms. The zero-order valence-corrected chi connectivity index (χ0v) is 7.71. The number of carbonyl (C=O) groups excluding carboxylic acids is 1. The summed E-state index contributed by atoms with van der Waals surface area (Å²) in [7, 11) is 0. The maximum Gasteiger partial charge on any atom is 0.248 e. The normalized spacial score (nSPS) is 11.5. The van der Waals surface area contributed by atoms with Gasteiger partial charge in [0, 0.05) is 0 Å². The lowest BCUT2D eigenvalue weighted by Gasteiger charge is -2.08. The van der Waals surface area contributed by atoms with Crippen LogP contribution in [0, 0.1) is 11.3 Å². The number of rotatable bonds is 4. The first-order valence-corrected chi connectivity index (χ1v) is 4.08. The second-order valence-corrected chi connectivity index (χ2v) is 2.70. The number of nitrogens with two attached hydrogens (primary N) is 1. The molecule has 1 amide bonds. The number of aliphatic hydroxyl groups excluding tert-OH is 1. The SMILES string of the molecule is N#Cc1ccnnc1NCC(O)C(N)=O. The maximum absolute atomic E-state index is 10.5. The zero-order valence-electron chi connectivity index (χ0n) is 7.71. The van der Waals surface area contributed by atoms with Crippen LogP contribution in [0.1, 0.15) is 5.56 Å². The van der Waals surface area contributed by atoms with Crippen molar-refractivity contribution in [3.63, 3.8) is 0 Å². The second kappa shape index (κ2) is 4.88. The number of anilines is 1. The summed E-state index contributed by atoms with van der Waals surface area (Å²) in [6, 6.07) is 3.35. The van der Waals surface area contributed by atoms with E-state index in [9.17, 15) is 4.79 Å². The van der Waals surface area contributed by atoms with Crippen molar-refractivity contribution in [3.05, 3.63) is 17.8 Å².